The van der Waals surface area contributed by atoms with Gasteiger partial charge in [0.05, 0.1) is 6.54 Å². The number of aromatic nitrogens is 2. The summed E-state index contributed by atoms with van der Waals surface area (Å²) in [4.78, 5) is 6.32. The van der Waals surface area contributed by atoms with Gasteiger partial charge in [0.2, 0.25) is 5.89 Å². The topological polar surface area (TPSA) is 42.2 Å². The van der Waals surface area contributed by atoms with Crippen molar-refractivity contribution in [1.82, 2.24) is 15.0 Å². The van der Waals surface area contributed by atoms with Crippen LogP contribution in [0.4, 0.5) is 0 Å². The van der Waals surface area contributed by atoms with Crippen LogP contribution in [-0.2, 0) is 6.54 Å². The monoisotopic (exact) mass is 183 g/mol. The second-order valence-electron chi connectivity index (χ2n) is 3.60. The third-order valence-electron chi connectivity index (χ3n) is 1.98. The van der Waals surface area contributed by atoms with E-state index in [2.05, 4.69) is 24.0 Å². The molecule has 0 aliphatic heterocycles. The van der Waals surface area contributed by atoms with Crippen LogP contribution in [0.2, 0.25) is 0 Å². The molecule has 4 nitrogen and oxygen atoms in total. The highest BCUT2D eigenvalue weighted by Gasteiger charge is 2.12. The summed E-state index contributed by atoms with van der Waals surface area (Å²) < 4.78 is 5.13. The van der Waals surface area contributed by atoms with Gasteiger partial charge in [0.15, 0.2) is 5.82 Å². The Bertz CT molecular complexity index is 257. The van der Waals surface area contributed by atoms with E-state index in [0.29, 0.717) is 5.92 Å². The van der Waals surface area contributed by atoms with Crippen molar-refractivity contribution < 1.29 is 4.52 Å². The second-order valence-corrected chi connectivity index (χ2v) is 3.60. The summed E-state index contributed by atoms with van der Waals surface area (Å²) in [6.45, 7) is 4.94. The molecule has 1 rings (SSSR count). The third kappa shape index (κ3) is 2.81. The molecule has 0 N–H and O–H groups in total. The first-order valence-electron chi connectivity index (χ1n) is 4.60. The van der Waals surface area contributed by atoms with Gasteiger partial charge in [-0.25, -0.2) is 0 Å². The van der Waals surface area contributed by atoms with Gasteiger partial charge in [-0.1, -0.05) is 19.0 Å². The van der Waals surface area contributed by atoms with Crippen LogP contribution in [0.1, 0.15) is 37.9 Å². The van der Waals surface area contributed by atoms with E-state index in [9.17, 15) is 0 Å². The van der Waals surface area contributed by atoms with Crippen molar-refractivity contribution in [3.05, 3.63) is 11.7 Å². The van der Waals surface area contributed by atoms with Gasteiger partial charge in [-0.15, -0.1) is 0 Å². The number of rotatable bonds is 4. The summed E-state index contributed by atoms with van der Waals surface area (Å²) in [6.07, 6.45) is 1.03. The van der Waals surface area contributed by atoms with E-state index in [1.165, 1.54) is 0 Å². The molecular formula is C9H17N3O. The van der Waals surface area contributed by atoms with E-state index < -0.39 is 0 Å². The van der Waals surface area contributed by atoms with Gasteiger partial charge in [-0.2, -0.15) is 4.98 Å². The first kappa shape index (κ1) is 10.2. The molecule has 1 aromatic heterocycles. The van der Waals surface area contributed by atoms with E-state index in [1.54, 1.807) is 0 Å². The summed E-state index contributed by atoms with van der Waals surface area (Å²) >= 11 is 0. The van der Waals surface area contributed by atoms with Crippen molar-refractivity contribution >= 4 is 0 Å². The van der Waals surface area contributed by atoms with Gasteiger partial charge >= 0.3 is 0 Å². The zero-order valence-corrected chi connectivity index (χ0v) is 8.74. The summed E-state index contributed by atoms with van der Waals surface area (Å²) in [5.74, 6) is 1.88. The minimum atomic E-state index is 0.364. The van der Waals surface area contributed by atoms with Crippen molar-refractivity contribution in [2.45, 2.75) is 32.7 Å². The van der Waals surface area contributed by atoms with Crippen LogP contribution in [0, 0.1) is 0 Å². The molecule has 74 valence electrons. The molecule has 0 aliphatic rings. The SMILES string of the molecule is CCC(C)c1nc(CN(C)C)no1. The Kier molecular flexibility index (Phi) is 3.42. The molecule has 0 saturated carbocycles. The summed E-state index contributed by atoms with van der Waals surface area (Å²) in [5.41, 5.74) is 0. The van der Waals surface area contributed by atoms with Gasteiger partial charge in [-0.3, -0.25) is 0 Å². The average Bonchev–Trinajstić information content (AvgIpc) is 2.50. The molecule has 1 atom stereocenters. The van der Waals surface area contributed by atoms with Gasteiger partial charge in [-0.05, 0) is 20.5 Å². The Morgan fingerprint density at radius 1 is 1.46 bits per heavy atom. The molecule has 1 unspecified atom stereocenters. The Labute approximate surface area is 78.9 Å². The summed E-state index contributed by atoms with van der Waals surface area (Å²) in [5, 5.41) is 3.90. The predicted octanol–water partition coefficient (Wildman–Crippen LogP) is 1.64. The largest absolute Gasteiger partial charge is 0.339 e. The second kappa shape index (κ2) is 4.37. The average molecular weight is 183 g/mol. The summed E-state index contributed by atoms with van der Waals surface area (Å²) in [7, 11) is 3.97. The van der Waals surface area contributed by atoms with Crippen LogP contribution >= 0.6 is 0 Å². The molecule has 1 aromatic rings. The molecule has 0 aromatic carbocycles. The highest BCUT2D eigenvalue weighted by Crippen LogP contribution is 2.15. The third-order valence-corrected chi connectivity index (χ3v) is 1.98. The Morgan fingerprint density at radius 2 is 2.15 bits per heavy atom. The molecule has 0 radical (unpaired) electrons. The first-order valence-corrected chi connectivity index (χ1v) is 4.60. The maximum absolute atomic E-state index is 5.13. The highest BCUT2D eigenvalue weighted by molar-refractivity contribution is 4.91. The van der Waals surface area contributed by atoms with Gasteiger partial charge in [0, 0.05) is 5.92 Å². The van der Waals surface area contributed by atoms with Gasteiger partial charge < -0.3 is 9.42 Å². The maximum atomic E-state index is 5.13. The van der Waals surface area contributed by atoms with Crippen LogP contribution in [0.25, 0.3) is 0 Å². The molecule has 0 fully saturated rings. The van der Waals surface area contributed by atoms with Crippen LogP contribution < -0.4 is 0 Å². The fourth-order valence-electron chi connectivity index (χ4n) is 0.989. The molecular weight excluding hydrogens is 166 g/mol. The molecule has 13 heavy (non-hydrogen) atoms. The van der Waals surface area contributed by atoms with E-state index in [-0.39, 0.29) is 0 Å². The predicted molar refractivity (Wildman–Crippen MR) is 50.4 cm³/mol. The Balaban J connectivity index is 2.63. The smallest absolute Gasteiger partial charge is 0.229 e. The lowest BCUT2D eigenvalue weighted by atomic mass is 10.1. The van der Waals surface area contributed by atoms with E-state index in [0.717, 1.165) is 24.7 Å². The van der Waals surface area contributed by atoms with Crippen LogP contribution in [-0.4, -0.2) is 29.1 Å². The first-order chi connectivity index (χ1) is 6.13. The molecule has 0 aliphatic carbocycles. The lowest BCUT2D eigenvalue weighted by Gasteiger charge is -2.03. The highest BCUT2D eigenvalue weighted by atomic mass is 16.5. The molecule has 0 spiro atoms. The molecule has 0 bridgehead atoms. The lowest BCUT2D eigenvalue weighted by molar-refractivity contribution is 0.337. The van der Waals surface area contributed by atoms with Crippen LogP contribution in [0.15, 0.2) is 4.52 Å². The zero-order chi connectivity index (χ0) is 9.84. The van der Waals surface area contributed by atoms with E-state index in [1.807, 2.05) is 19.0 Å². The van der Waals surface area contributed by atoms with Crippen LogP contribution in [0.5, 0.6) is 0 Å². The normalized spacial score (nSPS) is 13.6. The van der Waals surface area contributed by atoms with Crippen molar-refractivity contribution in [3.8, 4) is 0 Å². The minimum Gasteiger partial charge on any atom is -0.339 e. The van der Waals surface area contributed by atoms with E-state index in [4.69, 9.17) is 4.52 Å². The number of nitrogens with zero attached hydrogens (tertiary/aromatic N) is 3. The minimum absolute atomic E-state index is 0.364. The number of hydrogen-bond donors (Lipinski definition) is 0. The fraction of sp³-hybridized carbons (Fsp3) is 0.778. The maximum Gasteiger partial charge on any atom is 0.229 e. The van der Waals surface area contributed by atoms with E-state index >= 15 is 0 Å². The van der Waals surface area contributed by atoms with Crippen molar-refractivity contribution in [3.63, 3.8) is 0 Å². The zero-order valence-electron chi connectivity index (χ0n) is 8.74. The standard InChI is InChI=1S/C9H17N3O/c1-5-7(2)9-10-8(11-13-9)6-12(3)4/h7H,5-6H2,1-4H3. The van der Waals surface area contributed by atoms with Crippen molar-refractivity contribution in [2.75, 3.05) is 14.1 Å². The molecule has 0 saturated heterocycles. The van der Waals surface area contributed by atoms with Crippen LogP contribution in [0.3, 0.4) is 0 Å². The number of hydrogen-bond acceptors (Lipinski definition) is 4. The van der Waals surface area contributed by atoms with Crippen molar-refractivity contribution in [1.29, 1.82) is 0 Å². The Hall–Kier alpha value is -0.900. The van der Waals surface area contributed by atoms with Gasteiger partial charge in [0.25, 0.3) is 0 Å². The van der Waals surface area contributed by atoms with Gasteiger partial charge in [0.1, 0.15) is 0 Å². The molecule has 0 amide bonds. The molecule has 4 heteroatoms. The summed E-state index contributed by atoms with van der Waals surface area (Å²) in [6, 6.07) is 0. The van der Waals surface area contributed by atoms with Crippen molar-refractivity contribution in [2.24, 2.45) is 0 Å². The fourth-order valence-corrected chi connectivity index (χ4v) is 0.989. The lowest BCUT2D eigenvalue weighted by Crippen LogP contribution is -2.11. The Morgan fingerprint density at radius 3 is 2.69 bits per heavy atom. The molecule has 1 heterocycles. The quantitative estimate of drug-likeness (QED) is 0.711.